The van der Waals surface area contributed by atoms with E-state index in [2.05, 4.69) is 30.6 Å². The van der Waals surface area contributed by atoms with Crippen molar-refractivity contribution in [1.29, 1.82) is 0 Å². The first-order chi connectivity index (χ1) is 17.7. The number of aliphatic hydroxyl groups is 3. The van der Waals surface area contributed by atoms with Crippen LogP contribution in [-0.4, -0.2) is 57.7 Å². The molecule has 1 unspecified atom stereocenters. The number of carbonyl (C=O) groups is 3. The Morgan fingerprint density at radius 2 is 1.78 bits per heavy atom. The number of allylic oxidation sites excluding steroid dienone is 5. The number of nitrogens with one attached hydrogen (secondary N) is 2. The average Bonchev–Trinajstić information content (AvgIpc) is 3.48. The van der Waals surface area contributed by atoms with Gasteiger partial charge in [-0.3, -0.25) is 14.4 Å². The fraction of sp³-hybridized carbons (Fsp3) is 0.621. The molecule has 37 heavy (non-hydrogen) atoms. The number of fused-ring (bicyclic) bond motifs is 5. The first-order valence-electron chi connectivity index (χ1n) is 13.7. The summed E-state index contributed by atoms with van der Waals surface area (Å²) in [4.78, 5) is 37.2. The fourth-order valence-electron chi connectivity index (χ4n) is 7.22. The van der Waals surface area contributed by atoms with Gasteiger partial charge in [-0.2, -0.15) is 0 Å². The second kappa shape index (κ2) is 11.8. The van der Waals surface area contributed by atoms with Gasteiger partial charge in [-0.05, 0) is 73.7 Å². The van der Waals surface area contributed by atoms with Crippen LogP contribution in [0.25, 0.3) is 0 Å². The molecule has 2 aliphatic carbocycles. The van der Waals surface area contributed by atoms with Gasteiger partial charge in [0.1, 0.15) is 17.4 Å². The van der Waals surface area contributed by atoms with Gasteiger partial charge in [0.15, 0.2) is 5.78 Å². The number of rotatable bonds is 1. The molecule has 0 aromatic rings. The summed E-state index contributed by atoms with van der Waals surface area (Å²) in [6, 6.07) is -1.17. The molecule has 2 bridgehead atoms. The summed E-state index contributed by atoms with van der Waals surface area (Å²) in [7, 11) is 0. The van der Waals surface area contributed by atoms with Gasteiger partial charge in [-0.15, -0.1) is 0 Å². The maximum atomic E-state index is 12.7. The smallest absolute Gasteiger partial charge is 0.259 e. The molecule has 0 aromatic heterocycles. The zero-order valence-electron chi connectivity index (χ0n) is 21.7. The van der Waals surface area contributed by atoms with Crippen LogP contribution in [0.3, 0.4) is 0 Å². The van der Waals surface area contributed by atoms with E-state index in [1.165, 1.54) is 18.6 Å². The third-order valence-corrected chi connectivity index (χ3v) is 9.03. The van der Waals surface area contributed by atoms with E-state index < -0.39 is 35.7 Å². The maximum absolute atomic E-state index is 12.7. The lowest BCUT2D eigenvalue weighted by Crippen LogP contribution is -2.42. The summed E-state index contributed by atoms with van der Waals surface area (Å²) in [5, 5.41) is 37.2. The Morgan fingerprint density at radius 1 is 1.00 bits per heavy atom. The number of ketones is 1. The Labute approximate surface area is 218 Å². The minimum absolute atomic E-state index is 0.0668. The molecule has 1 saturated heterocycles. The zero-order valence-corrected chi connectivity index (χ0v) is 21.7. The van der Waals surface area contributed by atoms with Crippen LogP contribution in [0.1, 0.15) is 52.4 Å². The average molecular weight is 513 g/mol. The summed E-state index contributed by atoms with van der Waals surface area (Å²) in [6.45, 7) is 4.68. The lowest BCUT2D eigenvalue weighted by atomic mass is 9.75. The monoisotopic (exact) mass is 512 g/mol. The second-order valence-electron chi connectivity index (χ2n) is 11.1. The van der Waals surface area contributed by atoms with Gasteiger partial charge in [-0.1, -0.05) is 44.6 Å². The topological polar surface area (TPSA) is 136 Å². The van der Waals surface area contributed by atoms with Crippen molar-refractivity contribution in [1.82, 2.24) is 10.6 Å². The molecule has 0 spiro atoms. The number of aliphatic hydroxyl groups excluding tert-OH is 3. The van der Waals surface area contributed by atoms with Crippen LogP contribution in [0, 0.1) is 35.5 Å². The van der Waals surface area contributed by atoms with Gasteiger partial charge in [0.05, 0.1) is 12.2 Å². The third-order valence-electron chi connectivity index (χ3n) is 9.03. The van der Waals surface area contributed by atoms with Crippen molar-refractivity contribution in [3.05, 3.63) is 47.8 Å². The largest absolute Gasteiger partial charge is 0.507 e. The fourth-order valence-corrected chi connectivity index (χ4v) is 7.22. The summed E-state index contributed by atoms with van der Waals surface area (Å²) in [6.07, 6.45) is 12.8. The maximum Gasteiger partial charge on any atom is 0.259 e. The lowest BCUT2D eigenvalue weighted by Gasteiger charge is -2.32. The first-order valence-corrected chi connectivity index (χ1v) is 13.7. The standard InChI is InChI=1S/C29H40N2O6/c1-3-17-14-19-15-18-8-4-7-11-23(35)30-13-12-22(34)27-28(36)26(29(37)31-27)21(33)10-6-5-9-20(32)25(18)24(19)16(17)2/h4,6-8,10-11,16-20,22,24-25,27,32-34H,3,5,9,12-15H2,1-2H3,(H,30,35)(H,31,37)/b8-4-,10-6+,11-7+,26-21?/t16-,17?,18+,19+,20-,22-,24+,25-,27-/m0/s1. The van der Waals surface area contributed by atoms with Crippen LogP contribution < -0.4 is 10.6 Å². The molecular weight excluding hydrogens is 472 g/mol. The van der Waals surface area contributed by atoms with Crippen molar-refractivity contribution >= 4 is 17.6 Å². The minimum atomic E-state index is -1.20. The molecule has 8 heteroatoms. The van der Waals surface area contributed by atoms with Crippen LogP contribution >= 0.6 is 0 Å². The van der Waals surface area contributed by atoms with E-state index in [1.807, 2.05) is 6.08 Å². The van der Waals surface area contributed by atoms with E-state index in [4.69, 9.17) is 0 Å². The lowest BCUT2D eigenvalue weighted by molar-refractivity contribution is -0.118. The van der Waals surface area contributed by atoms with Crippen molar-refractivity contribution in [2.45, 2.75) is 70.6 Å². The summed E-state index contributed by atoms with van der Waals surface area (Å²) in [5.41, 5.74) is -0.378. The van der Waals surface area contributed by atoms with Crippen LogP contribution in [-0.2, 0) is 14.4 Å². The van der Waals surface area contributed by atoms with Crippen LogP contribution in [0.5, 0.6) is 0 Å². The number of Topliss-reactive ketones (excluding diaryl/α,β-unsaturated/α-hetero) is 1. The number of amides is 2. The summed E-state index contributed by atoms with van der Waals surface area (Å²) >= 11 is 0. The van der Waals surface area contributed by atoms with E-state index in [-0.39, 0.29) is 36.3 Å². The van der Waals surface area contributed by atoms with E-state index in [9.17, 15) is 29.7 Å². The highest BCUT2D eigenvalue weighted by atomic mass is 16.3. The van der Waals surface area contributed by atoms with E-state index in [0.717, 1.165) is 12.8 Å². The predicted octanol–water partition coefficient (Wildman–Crippen LogP) is 2.49. The number of hydrogen-bond donors (Lipinski definition) is 5. The number of carbonyl (C=O) groups excluding carboxylic acids is 3. The highest BCUT2D eigenvalue weighted by Crippen LogP contribution is 2.57. The molecule has 2 saturated carbocycles. The first kappa shape index (κ1) is 27.3. The SMILES string of the molecule is CCC1C[C@@H]2C[C@H]3/C=C\C=C\C(=O)NCC[C@H](O)[C@@H]4NC(=O)C(=C(O)/C=C/CC[C@H](O)[C@H]3[C@@H]2[C@H]1C)C4=O. The predicted molar refractivity (Wildman–Crippen MR) is 139 cm³/mol. The molecule has 9 atom stereocenters. The van der Waals surface area contributed by atoms with Gasteiger partial charge < -0.3 is 26.0 Å². The molecule has 8 nitrogen and oxygen atoms in total. The van der Waals surface area contributed by atoms with Crippen LogP contribution in [0.15, 0.2) is 47.8 Å². The molecule has 2 heterocycles. The zero-order chi connectivity index (χ0) is 26.7. The Hall–Kier alpha value is -2.71. The van der Waals surface area contributed by atoms with Gasteiger partial charge in [0, 0.05) is 12.6 Å². The third kappa shape index (κ3) is 5.75. The second-order valence-corrected chi connectivity index (χ2v) is 11.1. The molecular formula is C29H40N2O6. The summed E-state index contributed by atoms with van der Waals surface area (Å²) in [5.74, 6) is 0.400. The van der Waals surface area contributed by atoms with Gasteiger partial charge in [0.25, 0.3) is 5.91 Å². The Balaban J connectivity index is 1.57. The molecule has 4 aliphatic rings. The summed E-state index contributed by atoms with van der Waals surface area (Å²) < 4.78 is 0. The molecule has 2 amide bonds. The molecule has 3 fully saturated rings. The van der Waals surface area contributed by atoms with E-state index >= 15 is 0 Å². The van der Waals surface area contributed by atoms with E-state index in [1.54, 1.807) is 12.2 Å². The molecule has 202 valence electrons. The van der Waals surface area contributed by atoms with Gasteiger partial charge in [-0.25, -0.2) is 0 Å². The van der Waals surface area contributed by atoms with Crippen LogP contribution in [0.2, 0.25) is 0 Å². The highest BCUT2D eigenvalue weighted by Gasteiger charge is 2.52. The van der Waals surface area contributed by atoms with E-state index in [0.29, 0.717) is 36.5 Å². The van der Waals surface area contributed by atoms with Crippen LogP contribution in [0.4, 0.5) is 0 Å². The Kier molecular flexibility index (Phi) is 8.70. The van der Waals surface area contributed by atoms with Crippen molar-refractivity contribution in [2.75, 3.05) is 6.54 Å². The van der Waals surface area contributed by atoms with Crippen molar-refractivity contribution in [3.63, 3.8) is 0 Å². The van der Waals surface area contributed by atoms with Crippen molar-refractivity contribution in [3.8, 4) is 0 Å². The van der Waals surface area contributed by atoms with Crippen molar-refractivity contribution < 1.29 is 29.7 Å². The highest BCUT2D eigenvalue weighted by molar-refractivity contribution is 6.27. The van der Waals surface area contributed by atoms with Gasteiger partial charge in [0.2, 0.25) is 5.91 Å². The van der Waals surface area contributed by atoms with Gasteiger partial charge >= 0.3 is 0 Å². The van der Waals surface area contributed by atoms with Crippen molar-refractivity contribution in [2.24, 2.45) is 35.5 Å². The molecule has 4 rings (SSSR count). The molecule has 5 N–H and O–H groups in total. The molecule has 2 aliphatic heterocycles. The molecule has 0 aromatic carbocycles. The normalized spacial score (nSPS) is 41.9. The quantitative estimate of drug-likeness (QED) is 0.343. The Bertz CT molecular complexity index is 1010. The minimum Gasteiger partial charge on any atom is -0.507 e. The Morgan fingerprint density at radius 3 is 2.54 bits per heavy atom. The molecule has 0 radical (unpaired) electrons. The number of hydrogen-bond acceptors (Lipinski definition) is 6.